The van der Waals surface area contributed by atoms with Gasteiger partial charge in [-0.2, -0.15) is 0 Å². The van der Waals surface area contributed by atoms with Crippen LogP contribution < -0.4 is 0 Å². The van der Waals surface area contributed by atoms with Crippen molar-refractivity contribution in [3.63, 3.8) is 0 Å². The van der Waals surface area contributed by atoms with Gasteiger partial charge >= 0.3 is 5.97 Å². The highest BCUT2D eigenvalue weighted by Crippen LogP contribution is 2.33. The first kappa shape index (κ1) is 24.7. The highest BCUT2D eigenvalue weighted by Gasteiger charge is 2.34. The minimum atomic E-state index is -3.18. The predicted molar refractivity (Wildman–Crippen MR) is 123 cm³/mol. The van der Waals surface area contributed by atoms with Crippen molar-refractivity contribution in [2.24, 2.45) is 0 Å². The molecule has 1 aliphatic heterocycles. The maximum Gasteiger partial charge on any atom is 0.340 e. The largest absolute Gasteiger partial charge is 0.452 e. The van der Waals surface area contributed by atoms with Crippen LogP contribution >= 0.6 is 11.8 Å². The number of rotatable bonds is 8. The second-order valence-electron chi connectivity index (χ2n) is 7.67. The molecular weight excluding hydrogens is 468 g/mol. The number of hydrogen-bond donors (Lipinski definition) is 0. The van der Waals surface area contributed by atoms with E-state index in [2.05, 4.69) is 0 Å². The SMILES string of the molecule is CCN(C(=O)COC(=O)c1cc([N+](=O)[O-])ccc1Sc1ccc(C)cc1)[C@@H]1CCS(=O)(=O)C1. The number of nitro benzene ring substituents is 1. The molecule has 33 heavy (non-hydrogen) atoms. The Morgan fingerprint density at radius 3 is 2.48 bits per heavy atom. The van der Waals surface area contributed by atoms with E-state index in [1.165, 1.54) is 28.8 Å². The zero-order chi connectivity index (χ0) is 24.2. The Bertz CT molecular complexity index is 1160. The van der Waals surface area contributed by atoms with E-state index in [1.807, 2.05) is 31.2 Å². The van der Waals surface area contributed by atoms with Gasteiger partial charge in [0, 0.05) is 34.5 Å². The summed E-state index contributed by atoms with van der Waals surface area (Å²) in [6, 6.07) is 11.0. The van der Waals surface area contributed by atoms with Crippen LogP contribution in [0, 0.1) is 17.0 Å². The Balaban J connectivity index is 1.75. The highest BCUT2D eigenvalue weighted by atomic mass is 32.2. The predicted octanol–water partition coefficient (Wildman–Crippen LogP) is 3.25. The molecule has 0 saturated carbocycles. The smallest absolute Gasteiger partial charge is 0.340 e. The molecule has 0 unspecified atom stereocenters. The molecule has 176 valence electrons. The summed E-state index contributed by atoms with van der Waals surface area (Å²) < 4.78 is 28.7. The van der Waals surface area contributed by atoms with Crippen molar-refractivity contribution in [3.05, 3.63) is 63.7 Å². The number of esters is 1. The first-order valence-electron chi connectivity index (χ1n) is 10.3. The Morgan fingerprint density at radius 1 is 1.21 bits per heavy atom. The number of hydrogen-bond acceptors (Lipinski definition) is 8. The molecule has 1 atom stereocenters. The lowest BCUT2D eigenvalue weighted by molar-refractivity contribution is -0.384. The number of non-ortho nitro benzene ring substituents is 1. The average molecular weight is 493 g/mol. The lowest BCUT2D eigenvalue weighted by Crippen LogP contribution is -2.43. The lowest BCUT2D eigenvalue weighted by Gasteiger charge is -2.26. The minimum Gasteiger partial charge on any atom is -0.452 e. The van der Waals surface area contributed by atoms with Crippen LogP contribution in [0.5, 0.6) is 0 Å². The molecule has 0 aromatic heterocycles. The van der Waals surface area contributed by atoms with Crippen molar-refractivity contribution in [2.45, 2.75) is 36.1 Å². The monoisotopic (exact) mass is 492 g/mol. The zero-order valence-electron chi connectivity index (χ0n) is 18.2. The van der Waals surface area contributed by atoms with Gasteiger partial charge in [0.15, 0.2) is 16.4 Å². The van der Waals surface area contributed by atoms with E-state index in [-0.39, 0.29) is 29.3 Å². The van der Waals surface area contributed by atoms with Crippen molar-refractivity contribution < 1.29 is 27.7 Å². The van der Waals surface area contributed by atoms with Gasteiger partial charge in [-0.25, -0.2) is 13.2 Å². The second-order valence-corrected chi connectivity index (χ2v) is 11.0. The summed E-state index contributed by atoms with van der Waals surface area (Å²) in [4.78, 5) is 38.7. The van der Waals surface area contributed by atoms with Crippen LogP contribution in [0.4, 0.5) is 5.69 Å². The number of sulfone groups is 1. The van der Waals surface area contributed by atoms with Gasteiger partial charge in [0.25, 0.3) is 11.6 Å². The van der Waals surface area contributed by atoms with Crippen molar-refractivity contribution in [2.75, 3.05) is 24.7 Å². The number of nitrogens with zero attached hydrogens (tertiary/aromatic N) is 2. The summed E-state index contributed by atoms with van der Waals surface area (Å²) in [6.07, 6.45) is 0.345. The van der Waals surface area contributed by atoms with E-state index in [0.717, 1.165) is 16.5 Å². The minimum absolute atomic E-state index is 0.0194. The molecule has 9 nitrogen and oxygen atoms in total. The molecule has 0 bridgehead atoms. The van der Waals surface area contributed by atoms with Crippen LogP contribution in [0.15, 0.2) is 52.3 Å². The fourth-order valence-corrected chi connectivity index (χ4v) is 6.21. The van der Waals surface area contributed by atoms with E-state index < -0.39 is 39.3 Å². The maximum atomic E-state index is 12.8. The van der Waals surface area contributed by atoms with Gasteiger partial charge in [-0.05, 0) is 38.5 Å². The van der Waals surface area contributed by atoms with Gasteiger partial charge in [-0.3, -0.25) is 14.9 Å². The van der Waals surface area contributed by atoms with Gasteiger partial charge in [-0.15, -0.1) is 0 Å². The maximum absolute atomic E-state index is 12.8. The molecule has 1 saturated heterocycles. The van der Waals surface area contributed by atoms with Gasteiger partial charge in [-0.1, -0.05) is 29.5 Å². The number of nitro groups is 1. The fourth-order valence-electron chi connectivity index (χ4n) is 3.56. The summed E-state index contributed by atoms with van der Waals surface area (Å²) >= 11 is 1.25. The average Bonchev–Trinajstić information content (AvgIpc) is 3.13. The lowest BCUT2D eigenvalue weighted by atomic mass is 10.2. The van der Waals surface area contributed by atoms with E-state index in [1.54, 1.807) is 6.92 Å². The summed E-state index contributed by atoms with van der Waals surface area (Å²) in [6.45, 7) is 3.37. The third-order valence-electron chi connectivity index (χ3n) is 5.28. The van der Waals surface area contributed by atoms with Gasteiger partial charge < -0.3 is 9.64 Å². The van der Waals surface area contributed by atoms with E-state index in [9.17, 15) is 28.1 Å². The molecular formula is C22H24N2O7S2. The standard InChI is InChI=1S/C22H24N2O7S2/c1-3-23(17-10-11-33(29,30)14-17)21(25)13-31-22(26)19-12-16(24(27)28)6-9-20(19)32-18-7-4-15(2)5-8-18/h4-9,12,17H,3,10-11,13-14H2,1-2H3/t17-/m1/s1. The Labute approximate surface area is 196 Å². The van der Waals surface area contributed by atoms with Crippen LogP contribution in [0.1, 0.15) is 29.3 Å². The molecule has 0 aliphatic carbocycles. The summed E-state index contributed by atoms with van der Waals surface area (Å²) in [5.74, 6) is -1.46. The summed E-state index contributed by atoms with van der Waals surface area (Å²) in [5.41, 5.74) is 0.777. The topological polar surface area (TPSA) is 124 Å². The third kappa shape index (κ3) is 6.32. The Morgan fingerprint density at radius 2 is 1.91 bits per heavy atom. The van der Waals surface area contributed by atoms with Gasteiger partial charge in [0.1, 0.15) is 0 Å². The Hall–Kier alpha value is -2.92. The number of amides is 1. The highest BCUT2D eigenvalue weighted by molar-refractivity contribution is 7.99. The molecule has 11 heteroatoms. The first-order valence-corrected chi connectivity index (χ1v) is 12.9. The molecule has 2 aromatic carbocycles. The molecule has 0 N–H and O–H groups in total. The molecule has 1 fully saturated rings. The number of likely N-dealkylation sites (N-methyl/N-ethyl adjacent to an activating group) is 1. The van der Waals surface area contributed by atoms with E-state index in [4.69, 9.17) is 4.74 Å². The number of aryl methyl sites for hydroxylation is 1. The van der Waals surface area contributed by atoms with Crippen molar-refractivity contribution in [1.82, 2.24) is 4.90 Å². The molecule has 1 aliphatic rings. The van der Waals surface area contributed by atoms with Crippen LogP contribution in [-0.2, 0) is 19.4 Å². The first-order chi connectivity index (χ1) is 15.6. The Kier molecular flexibility index (Phi) is 7.75. The number of benzene rings is 2. The molecule has 1 amide bonds. The van der Waals surface area contributed by atoms with Crippen LogP contribution in [-0.4, -0.2) is 60.8 Å². The van der Waals surface area contributed by atoms with Crippen molar-refractivity contribution >= 4 is 39.2 Å². The molecule has 0 radical (unpaired) electrons. The fraction of sp³-hybridized carbons (Fsp3) is 0.364. The third-order valence-corrected chi connectivity index (χ3v) is 8.11. The zero-order valence-corrected chi connectivity index (χ0v) is 19.9. The second kappa shape index (κ2) is 10.3. The van der Waals surface area contributed by atoms with E-state index in [0.29, 0.717) is 11.3 Å². The number of carbonyl (C=O) groups excluding carboxylic acids is 2. The number of ether oxygens (including phenoxy) is 1. The van der Waals surface area contributed by atoms with Crippen LogP contribution in [0.3, 0.4) is 0 Å². The molecule has 1 heterocycles. The van der Waals surface area contributed by atoms with E-state index >= 15 is 0 Å². The molecule has 3 rings (SSSR count). The van der Waals surface area contributed by atoms with Crippen LogP contribution in [0.25, 0.3) is 0 Å². The summed E-state index contributed by atoms with van der Waals surface area (Å²) in [5, 5.41) is 11.2. The van der Waals surface area contributed by atoms with Crippen molar-refractivity contribution in [3.8, 4) is 0 Å². The quantitative estimate of drug-likeness (QED) is 0.312. The number of carbonyl (C=O) groups is 2. The molecule has 0 spiro atoms. The van der Waals surface area contributed by atoms with Crippen LogP contribution in [0.2, 0.25) is 0 Å². The van der Waals surface area contributed by atoms with Gasteiger partial charge in [0.2, 0.25) is 0 Å². The normalized spacial score (nSPS) is 16.8. The van der Waals surface area contributed by atoms with Crippen molar-refractivity contribution in [1.29, 1.82) is 0 Å². The van der Waals surface area contributed by atoms with Gasteiger partial charge in [0.05, 0.1) is 22.0 Å². The molecule has 2 aromatic rings. The summed E-state index contributed by atoms with van der Waals surface area (Å²) in [7, 11) is -3.18.